The van der Waals surface area contributed by atoms with Crippen molar-refractivity contribution >= 4 is 0 Å². The van der Waals surface area contributed by atoms with Gasteiger partial charge < -0.3 is 0 Å². The quantitative estimate of drug-likeness (QED) is 0.544. The van der Waals surface area contributed by atoms with E-state index in [0.717, 1.165) is 0 Å². The zero-order valence-electron chi connectivity index (χ0n) is 11.9. The first-order valence-corrected chi connectivity index (χ1v) is 7.36. The topological polar surface area (TPSA) is 0 Å². The third kappa shape index (κ3) is 1.92. The molecule has 0 radical (unpaired) electrons. The highest BCUT2D eigenvalue weighted by atomic mass is 14.4. The van der Waals surface area contributed by atoms with Crippen molar-refractivity contribution in [3.8, 4) is 0 Å². The van der Waals surface area contributed by atoms with E-state index in [-0.39, 0.29) is 0 Å². The smallest absolute Gasteiger partial charge is 0.0102 e. The van der Waals surface area contributed by atoms with E-state index in [1.165, 1.54) is 32.1 Å². The van der Waals surface area contributed by atoms with Crippen LogP contribution in [0.25, 0.3) is 0 Å². The number of hydrogen-bond acceptors (Lipinski definition) is 0. The Morgan fingerprint density at radius 2 is 1.72 bits per heavy atom. The van der Waals surface area contributed by atoms with Gasteiger partial charge in [-0.3, -0.25) is 0 Å². The lowest BCUT2D eigenvalue weighted by atomic mass is 9.64. The first-order chi connectivity index (χ1) is 8.57. The summed E-state index contributed by atoms with van der Waals surface area (Å²) in [5.74, 6) is 0.651. The minimum Gasteiger partial charge on any atom is -0.0660 e. The van der Waals surface area contributed by atoms with E-state index < -0.39 is 0 Å². The largest absolute Gasteiger partial charge is 0.0660 e. The fourth-order valence-corrected chi connectivity index (χ4v) is 3.93. The van der Waals surface area contributed by atoms with E-state index in [1.54, 1.807) is 22.3 Å². The highest BCUT2D eigenvalue weighted by Crippen LogP contribution is 2.50. The van der Waals surface area contributed by atoms with Crippen LogP contribution in [0.1, 0.15) is 63.5 Å². The fraction of sp³-hybridized carbons (Fsp3) is 0.556. The molecule has 96 valence electrons. The van der Waals surface area contributed by atoms with E-state index in [1.807, 2.05) is 0 Å². The standard InChI is InChI=1S/C18H24/c1-18(2,3)17-15-10-6-4-8-13(15)12-14-9-5-7-11-16(14)17/h4,6,8,10,17H,5,7,9,11-12H2,1-3H3. The molecule has 2 aliphatic rings. The van der Waals surface area contributed by atoms with E-state index >= 15 is 0 Å². The zero-order chi connectivity index (χ0) is 12.8. The van der Waals surface area contributed by atoms with Crippen LogP contribution in [-0.2, 0) is 6.42 Å². The van der Waals surface area contributed by atoms with E-state index in [0.29, 0.717) is 11.3 Å². The van der Waals surface area contributed by atoms with Crippen LogP contribution < -0.4 is 0 Å². The van der Waals surface area contributed by atoms with E-state index in [2.05, 4.69) is 45.0 Å². The van der Waals surface area contributed by atoms with Gasteiger partial charge in [0, 0.05) is 5.92 Å². The first-order valence-electron chi connectivity index (χ1n) is 7.36. The molecule has 0 heterocycles. The van der Waals surface area contributed by atoms with Crippen LogP contribution in [0.5, 0.6) is 0 Å². The molecule has 1 unspecified atom stereocenters. The van der Waals surface area contributed by atoms with Crippen LogP contribution in [0.2, 0.25) is 0 Å². The van der Waals surface area contributed by atoms with Crippen molar-refractivity contribution in [3.05, 3.63) is 46.5 Å². The van der Waals surface area contributed by atoms with Gasteiger partial charge in [0.15, 0.2) is 0 Å². The average Bonchev–Trinajstić information content (AvgIpc) is 2.34. The Balaban J connectivity index is 2.14. The van der Waals surface area contributed by atoms with Crippen molar-refractivity contribution < 1.29 is 0 Å². The normalized spacial score (nSPS) is 23.6. The lowest BCUT2D eigenvalue weighted by Crippen LogP contribution is -2.27. The maximum Gasteiger partial charge on any atom is 0.0102 e. The predicted molar refractivity (Wildman–Crippen MR) is 77.8 cm³/mol. The van der Waals surface area contributed by atoms with Crippen LogP contribution in [0.4, 0.5) is 0 Å². The Kier molecular flexibility index (Phi) is 2.84. The lowest BCUT2D eigenvalue weighted by molar-refractivity contribution is 0.334. The summed E-state index contributed by atoms with van der Waals surface area (Å²) < 4.78 is 0. The van der Waals surface area contributed by atoms with E-state index in [9.17, 15) is 0 Å². The molecule has 0 nitrogen and oxygen atoms in total. The second-order valence-electron chi connectivity index (χ2n) is 7.01. The second kappa shape index (κ2) is 4.26. The van der Waals surface area contributed by atoms with Crippen LogP contribution in [0.3, 0.4) is 0 Å². The van der Waals surface area contributed by atoms with Crippen LogP contribution in [-0.4, -0.2) is 0 Å². The van der Waals surface area contributed by atoms with Gasteiger partial charge in [-0.05, 0) is 48.6 Å². The number of rotatable bonds is 0. The molecule has 0 aliphatic heterocycles. The van der Waals surface area contributed by atoms with Crippen molar-refractivity contribution in [1.82, 2.24) is 0 Å². The van der Waals surface area contributed by atoms with Crippen LogP contribution in [0, 0.1) is 5.41 Å². The van der Waals surface area contributed by atoms with Gasteiger partial charge in [0.25, 0.3) is 0 Å². The summed E-state index contributed by atoms with van der Waals surface area (Å²) in [6.07, 6.45) is 6.70. The molecule has 0 amide bonds. The van der Waals surface area contributed by atoms with Gasteiger partial charge in [0.1, 0.15) is 0 Å². The molecule has 0 aromatic heterocycles. The van der Waals surface area contributed by atoms with Crippen molar-refractivity contribution in [2.24, 2.45) is 5.41 Å². The van der Waals surface area contributed by atoms with Gasteiger partial charge >= 0.3 is 0 Å². The third-order valence-electron chi connectivity index (χ3n) is 4.61. The summed E-state index contributed by atoms with van der Waals surface area (Å²) in [5, 5.41) is 0. The molecule has 0 heteroatoms. The van der Waals surface area contributed by atoms with Crippen molar-refractivity contribution in [1.29, 1.82) is 0 Å². The molecule has 1 aromatic rings. The summed E-state index contributed by atoms with van der Waals surface area (Å²) in [6.45, 7) is 7.21. The van der Waals surface area contributed by atoms with Gasteiger partial charge in [-0.25, -0.2) is 0 Å². The van der Waals surface area contributed by atoms with E-state index in [4.69, 9.17) is 0 Å². The molecule has 1 aromatic carbocycles. The van der Waals surface area contributed by atoms with Gasteiger partial charge in [0.2, 0.25) is 0 Å². The first kappa shape index (κ1) is 12.0. The van der Waals surface area contributed by atoms with Crippen molar-refractivity contribution in [3.63, 3.8) is 0 Å². The maximum atomic E-state index is 2.40. The Bertz CT molecular complexity index is 485. The van der Waals surface area contributed by atoms with Gasteiger partial charge in [-0.1, -0.05) is 56.2 Å². The number of fused-ring (bicyclic) bond motifs is 1. The predicted octanol–water partition coefficient (Wildman–Crippen LogP) is 5.24. The Hall–Kier alpha value is -1.04. The Labute approximate surface area is 111 Å². The van der Waals surface area contributed by atoms with Crippen molar-refractivity contribution in [2.45, 2.75) is 58.8 Å². The van der Waals surface area contributed by atoms with Crippen LogP contribution >= 0.6 is 0 Å². The minimum atomic E-state index is 0.342. The molecule has 0 bridgehead atoms. The second-order valence-corrected chi connectivity index (χ2v) is 7.01. The number of benzene rings is 1. The van der Waals surface area contributed by atoms with Gasteiger partial charge in [-0.15, -0.1) is 0 Å². The monoisotopic (exact) mass is 240 g/mol. The summed E-state index contributed by atoms with van der Waals surface area (Å²) in [4.78, 5) is 0. The molecule has 18 heavy (non-hydrogen) atoms. The Morgan fingerprint density at radius 1 is 1.00 bits per heavy atom. The molecule has 0 spiro atoms. The van der Waals surface area contributed by atoms with Crippen molar-refractivity contribution in [2.75, 3.05) is 0 Å². The molecule has 0 N–H and O–H groups in total. The Morgan fingerprint density at radius 3 is 2.50 bits per heavy atom. The molecular formula is C18H24. The number of allylic oxidation sites excluding steroid dienone is 2. The summed E-state index contributed by atoms with van der Waals surface area (Å²) in [6, 6.07) is 9.12. The summed E-state index contributed by atoms with van der Waals surface area (Å²) >= 11 is 0. The highest BCUT2D eigenvalue weighted by Gasteiger charge is 2.36. The lowest BCUT2D eigenvalue weighted by Gasteiger charge is -2.41. The molecule has 3 rings (SSSR count). The van der Waals surface area contributed by atoms with Crippen LogP contribution in [0.15, 0.2) is 35.4 Å². The molecule has 0 saturated heterocycles. The SMILES string of the molecule is CC(C)(C)C1C2=C(CCCC2)Cc2ccccc21. The third-order valence-corrected chi connectivity index (χ3v) is 4.61. The highest BCUT2D eigenvalue weighted by molar-refractivity contribution is 5.46. The molecule has 0 saturated carbocycles. The molecule has 2 aliphatic carbocycles. The molecular weight excluding hydrogens is 216 g/mol. The molecule has 0 fully saturated rings. The van der Waals surface area contributed by atoms with Gasteiger partial charge in [0.05, 0.1) is 0 Å². The summed E-state index contributed by atoms with van der Waals surface area (Å²) in [7, 11) is 0. The molecule has 1 atom stereocenters. The summed E-state index contributed by atoms with van der Waals surface area (Å²) in [5.41, 5.74) is 7.07. The van der Waals surface area contributed by atoms with Gasteiger partial charge in [-0.2, -0.15) is 0 Å². The minimum absolute atomic E-state index is 0.342. The fourth-order valence-electron chi connectivity index (χ4n) is 3.93. The number of hydrogen-bond donors (Lipinski definition) is 0. The average molecular weight is 240 g/mol. The maximum absolute atomic E-state index is 2.40. The zero-order valence-corrected chi connectivity index (χ0v) is 11.9.